The second-order valence-electron chi connectivity index (χ2n) is 8.96. The van der Waals surface area contributed by atoms with E-state index >= 15 is 0 Å². The second kappa shape index (κ2) is 15.2. The molecule has 1 heterocycles. The van der Waals surface area contributed by atoms with Gasteiger partial charge in [-0.3, -0.25) is 14.4 Å². The molecule has 0 fully saturated rings. The van der Waals surface area contributed by atoms with Crippen LogP contribution in [-0.2, 0) is 15.3 Å². The molecule has 0 aliphatic heterocycles. The van der Waals surface area contributed by atoms with E-state index in [9.17, 15) is 14.4 Å². The highest BCUT2D eigenvalue weighted by molar-refractivity contribution is 7.99. The summed E-state index contributed by atoms with van der Waals surface area (Å²) < 4.78 is 15.9. The number of hydrogen-bond acceptors (Lipinski definition) is 7. The molecule has 2 atom stereocenters. The van der Waals surface area contributed by atoms with Crippen LogP contribution in [0.25, 0.3) is 0 Å². The number of methoxy groups -OCH3 is 2. The van der Waals surface area contributed by atoms with Crippen LogP contribution in [-0.4, -0.2) is 49.7 Å². The van der Waals surface area contributed by atoms with Gasteiger partial charge in [-0.2, -0.15) is 0 Å². The lowest BCUT2D eigenvalue weighted by atomic mass is 10.0. The van der Waals surface area contributed by atoms with Crippen molar-refractivity contribution in [1.82, 2.24) is 10.6 Å². The minimum absolute atomic E-state index is 0.0418. The number of hydrogen-bond donors (Lipinski definition) is 2. The number of carbonyl (C=O) groups excluding carboxylic acids is 3. The zero-order chi connectivity index (χ0) is 26.5. The summed E-state index contributed by atoms with van der Waals surface area (Å²) in [6.07, 6.45) is 4.30. The molecular formula is C27H38N2O6S. The third-order valence-corrected chi connectivity index (χ3v) is 6.58. The van der Waals surface area contributed by atoms with Crippen molar-refractivity contribution in [2.24, 2.45) is 5.92 Å². The molecule has 0 aliphatic rings. The van der Waals surface area contributed by atoms with Crippen LogP contribution in [0.1, 0.15) is 62.6 Å². The van der Waals surface area contributed by atoms with Gasteiger partial charge in [0.1, 0.15) is 23.3 Å². The van der Waals surface area contributed by atoms with Crippen molar-refractivity contribution >= 4 is 29.4 Å². The Bertz CT molecular complexity index is 977. The molecule has 0 bridgehead atoms. The number of ketones is 1. The fourth-order valence-electron chi connectivity index (χ4n) is 3.67. The number of carbonyl (C=O) groups is 3. The van der Waals surface area contributed by atoms with Crippen LogP contribution in [0.2, 0.25) is 0 Å². The standard InChI is InChI=1S/C27H38N2O6S/c1-6-7-10-22(24(30)17-36-16-20-9-8-13-35-20)28-27(32)23(14-18(2)3)29-26(31)21-12-11-19(33-4)15-25(21)34-5/h8-9,11-13,15,18,22-23H,6-7,10,14,16-17H2,1-5H3,(H,28,32)(H,29,31)/t22-,23-/m0/s1. The Kier molecular flexibility index (Phi) is 12.4. The van der Waals surface area contributed by atoms with Gasteiger partial charge in [0.25, 0.3) is 5.91 Å². The molecule has 0 aliphatic carbocycles. The van der Waals surface area contributed by atoms with Crippen molar-refractivity contribution in [1.29, 1.82) is 0 Å². The Balaban J connectivity index is 2.09. The van der Waals surface area contributed by atoms with E-state index in [0.29, 0.717) is 35.7 Å². The third-order valence-electron chi connectivity index (χ3n) is 5.60. The molecule has 1 aromatic carbocycles. The van der Waals surface area contributed by atoms with E-state index in [-0.39, 0.29) is 23.4 Å². The summed E-state index contributed by atoms with van der Waals surface area (Å²) in [5.41, 5.74) is 0.299. The van der Waals surface area contributed by atoms with Gasteiger partial charge in [-0.15, -0.1) is 11.8 Å². The van der Waals surface area contributed by atoms with Crippen LogP contribution in [0.15, 0.2) is 41.0 Å². The summed E-state index contributed by atoms with van der Waals surface area (Å²) in [6.45, 7) is 6.00. The quantitative estimate of drug-likeness (QED) is 0.334. The molecule has 36 heavy (non-hydrogen) atoms. The van der Waals surface area contributed by atoms with Crippen LogP contribution in [0, 0.1) is 5.92 Å². The van der Waals surface area contributed by atoms with E-state index in [1.54, 1.807) is 24.5 Å². The first-order valence-electron chi connectivity index (χ1n) is 12.2. The van der Waals surface area contributed by atoms with Gasteiger partial charge in [-0.05, 0) is 43.0 Å². The lowest BCUT2D eigenvalue weighted by Crippen LogP contribution is -2.52. The molecule has 8 nitrogen and oxygen atoms in total. The Hall–Kier alpha value is -2.94. The average Bonchev–Trinajstić information content (AvgIpc) is 3.38. The normalized spacial score (nSPS) is 12.6. The van der Waals surface area contributed by atoms with Gasteiger partial charge in [-0.1, -0.05) is 33.6 Å². The smallest absolute Gasteiger partial charge is 0.255 e. The highest BCUT2D eigenvalue weighted by Gasteiger charge is 2.28. The van der Waals surface area contributed by atoms with E-state index < -0.39 is 18.0 Å². The van der Waals surface area contributed by atoms with E-state index in [4.69, 9.17) is 13.9 Å². The van der Waals surface area contributed by atoms with Crippen molar-refractivity contribution in [3.8, 4) is 11.5 Å². The largest absolute Gasteiger partial charge is 0.497 e. The van der Waals surface area contributed by atoms with Crippen LogP contribution in [0.5, 0.6) is 11.5 Å². The molecule has 2 rings (SSSR count). The Morgan fingerprint density at radius 3 is 2.44 bits per heavy atom. The molecule has 2 N–H and O–H groups in total. The molecule has 9 heteroatoms. The summed E-state index contributed by atoms with van der Waals surface area (Å²) in [7, 11) is 3.00. The minimum atomic E-state index is -0.794. The van der Waals surface area contributed by atoms with Crippen molar-refractivity contribution in [2.75, 3.05) is 20.0 Å². The van der Waals surface area contributed by atoms with Gasteiger partial charge in [0.15, 0.2) is 5.78 Å². The van der Waals surface area contributed by atoms with Gasteiger partial charge in [0.05, 0.1) is 43.6 Å². The van der Waals surface area contributed by atoms with E-state index in [2.05, 4.69) is 10.6 Å². The lowest BCUT2D eigenvalue weighted by molar-refractivity contribution is -0.128. The van der Waals surface area contributed by atoms with Crippen molar-refractivity contribution in [2.45, 2.75) is 64.3 Å². The number of furan rings is 1. The molecule has 1 aromatic heterocycles. The molecule has 0 spiro atoms. The van der Waals surface area contributed by atoms with Gasteiger partial charge in [0.2, 0.25) is 5.91 Å². The monoisotopic (exact) mass is 518 g/mol. The number of amides is 2. The number of Topliss-reactive ketones (excluding diaryl/α,β-unsaturated/α-hetero) is 1. The van der Waals surface area contributed by atoms with Gasteiger partial charge >= 0.3 is 0 Å². The second-order valence-corrected chi connectivity index (χ2v) is 9.95. The van der Waals surface area contributed by atoms with Crippen LogP contribution < -0.4 is 20.1 Å². The molecule has 0 saturated carbocycles. The molecular weight excluding hydrogens is 480 g/mol. The lowest BCUT2D eigenvalue weighted by Gasteiger charge is -2.24. The van der Waals surface area contributed by atoms with Gasteiger partial charge in [0, 0.05) is 6.07 Å². The van der Waals surface area contributed by atoms with Crippen LogP contribution >= 0.6 is 11.8 Å². The number of nitrogens with one attached hydrogen (secondary N) is 2. The first-order valence-corrected chi connectivity index (χ1v) is 13.4. The summed E-state index contributed by atoms with van der Waals surface area (Å²) in [6, 6.07) is 7.15. The SMILES string of the molecule is CCCC[C@H](NC(=O)[C@H](CC(C)C)NC(=O)c1ccc(OC)cc1OC)C(=O)CSCc1ccco1. The summed E-state index contributed by atoms with van der Waals surface area (Å²) in [5.74, 6) is 1.86. The number of unbranched alkanes of at least 4 members (excludes halogenated alkanes) is 1. The Labute approximate surface area is 217 Å². The zero-order valence-electron chi connectivity index (χ0n) is 21.8. The number of ether oxygens (including phenoxy) is 2. The Morgan fingerprint density at radius 1 is 1.06 bits per heavy atom. The first-order chi connectivity index (χ1) is 17.3. The van der Waals surface area contributed by atoms with E-state index in [1.807, 2.05) is 32.9 Å². The average molecular weight is 519 g/mol. The zero-order valence-corrected chi connectivity index (χ0v) is 22.6. The topological polar surface area (TPSA) is 107 Å². The third kappa shape index (κ3) is 9.26. The number of thioether (sulfide) groups is 1. The predicted molar refractivity (Wildman–Crippen MR) is 142 cm³/mol. The minimum Gasteiger partial charge on any atom is -0.497 e. The van der Waals surface area contributed by atoms with Gasteiger partial charge in [-0.25, -0.2) is 0 Å². The van der Waals surface area contributed by atoms with E-state index in [0.717, 1.165) is 18.6 Å². The summed E-state index contributed by atoms with van der Waals surface area (Å²) in [5, 5.41) is 5.75. The molecule has 0 radical (unpaired) electrons. The maximum atomic E-state index is 13.3. The van der Waals surface area contributed by atoms with Crippen LogP contribution in [0.3, 0.4) is 0 Å². The molecule has 0 unspecified atom stereocenters. The number of benzene rings is 1. The van der Waals surface area contributed by atoms with Crippen molar-refractivity contribution in [3.05, 3.63) is 47.9 Å². The fourth-order valence-corrected chi connectivity index (χ4v) is 4.54. The fraction of sp³-hybridized carbons (Fsp3) is 0.519. The van der Waals surface area contributed by atoms with Crippen molar-refractivity contribution < 1.29 is 28.3 Å². The molecule has 2 aromatic rings. The maximum Gasteiger partial charge on any atom is 0.255 e. The predicted octanol–water partition coefficient (Wildman–Crippen LogP) is 4.62. The summed E-state index contributed by atoms with van der Waals surface area (Å²) in [4.78, 5) is 39.3. The van der Waals surface area contributed by atoms with Crippen LogP contribution in [0.4, 0.5) is 0 Å². The van der Waals surface area contributed by atoms with Gasteiger partial charge < -0.3 is 24.5 Å². The highest BCUT2D eigenvalue weighted by atomic mass is 32.2. The van der Waals surface area contributed by atoms with E-state index in [1.165, 1.54) is 26.0 Å². The molecule has 0 saturated heterocycles. The first kappa shape index (κ1) is 29.3. The number of rotatable bonds is 16. The maximum absolute atomic E-state index is 13.3. The molecule has 198 valence electrons. The Morgan fingerprint density at radius 2 is 1.83 bits per heavy atom. The highest BCUT2D eigenvalue weighted by Crippen LogP contribution is 2.25. The van der Waals surface area contributed by atoms with Crippen molar-refractivity contribution in [3.63, 3.8) is 0 Å². The summed E-state index contributed by atoms with van der Waals surface area (Å²) >= 11 is 1.45. The molecule has 2 amide bonds.